The maximum Gasteiger partial charge on any atom is 0.203 e. The van der Waals surface area contributed by atoms with Crippen LogP contribution in [0.4, 0.5) is 0 Å². The molecule has 0 radical (unpaired) electrons. The van der Waals surface area contributed by atoms with E-state index in [0.29, 0.717) is 5.56 Å². The van der Waals surface area contributed by atoms with Crippen LogP contribution in [-0.4, -0.2) is 5.78 Å². The molecule has 0 saturated heterocycles. The van der Waals surface area contributed by atoms with Crippen LogP contribution in [0.3, 0.4) is 0 Å². The zero-order valence-electron chi connectivity index (χ0n) is 10.0. The van der Waals surface area contributed by atoms with Gasteiger partial charge >= 0.3 is 0 Å². The van der Waals surface area contributed by atoms with E-state index in [1.54, 1.807) is 30.3 Å². The maximum absolute atomic E-state index is 12.2. The van der Waals surface area contributed by atoms with E-state index in [-0.39, 0.29) is 11.4 Å². The summed E-state index contributed by atoms with van der Waals surface area (Å²) in [6.45, 7) is 0. The summed E-state index contributed by atoms with van der Waals surface area (Å²) in [5.41, 5.74) is 1.48. The van der Waals surface area contributed by atoms with Gasteiger partial charge in [-0.15, -0.1) is 0 Å². The fraction of sp³-hybridized carbons (Fsp3) is 0. The normalized spacial score (nSPS) is 10.8. The number of carbonyl (C=O) groups excluding carboxylic acids is 1. The molecule has 0 N–H and O–H groups in total. The first-order valence-corrected chi connectivity index (χ1v) is 6.47. The monoisotopic (exact) mass is 311 g/mol. The minimum atomic E-state index is -0.265. The molecule has 19 heavy (non-hydrogen) atoms. The number of nitrogens with zero attached hydrogens (tertiary/aromatic N) is 1. The molecule has 0 saturated carbocycles. The van der Waals surface area contributed by atoms with Crippen LogP contribution < -0.4 is 0 Å². The summed E-state index contributed by atoms with van der Waals surface area (Å²) in [6.07, 6.45) is 1.60. The summed E-state index contributed by atoms with van der Waals surface area (Å²) in [5.74, 6) is -0.265. The van der Waals surface area contributed by atoms with Crippen LogP contribution in [0.25, 0.3) is 6.08 Å². The van der Waals surface area contributed by atoms with E-state index in [1.165, 1.54) is 0 Å². The smallest absolute Gasteiger partial charge is 0.203 e. The van der Waals surface area contributed by atoms with E-state index in [4.69, 9.17) is 5.26 Å². The Morgan fingerprint density at radius 3 is 2.26 bits per heavy atom. The second-order valence-corrected chi connectivity index (χ2v) is 4.83. The Kier molecular flexibility index (Phi) is 4.27. The van der Waals surface area contributed by atoms with Gasteiger partial charge in [-0.1, -0.05) is 46.3 Å². The molecule has 0 spiro atoms. The van der Waals surface area contributed by atoms with Crippen LogP contribution in [0.15, 0.2) is 64.6 Å². The molecule has 2 aromatic carbocycles. The Hall–Kier alpha value is -2.18. The van der Waals surface area contributed by atoms with Crippen molar-refractivity contribution >= 4 is 27.8 Å². The predicted molar refractivity (Wildman–Crippen MR) is 78.5 cm³/mol. The molecule has 2 aromatic rings. The third-order valence-corrected chi connectivity index (χ3v) is 3.11. The third-order valence-electron chi connectivity index (χ3n) is 2.58. The molecular weight excluding hydrogens is 302 g/mol. The second kappa shape index (κ2) is 6.12. The quantitative estimate of drug-likeness (QED) is 0.483. The number of Topliss-reactive ketones (excluding diaryl/α,β-unsaturated/α-hetero) is 1. The topological polar surface area (TPSA) is 40.9 Å². The first-order chi connectivity index (χ1) is 9.20. The zero-order valence-corrected chi connectivity index (χ0v) is 11.6. The minimum Gasteiger partial charge on any atom is -0.288 e. The molecule has 0 aliphatic rings. The number of benzene rings is 2. The minimum absolute atomic E-state index is 0.133. The summed E-state index contributed by atoms with van der Waals surface area (Å²) >= 11 is 3.31. The van der Waals surface area contributed by atoms with E-state index in [1.807, 2.05) is 36.4 Å². The number of rotatable bonds is 3. The molecule has 0 aliphatic heterocycles. The average molecular weight is 312 g/mol. The van der Waals surface area contributed by atoms with Crippen molar-refractivity contribution in [3.05, 3.63) is 75.8 Å². The number of ketones is 1. The Labute approximate surface area is 120 Å². The molecule has 0 fully saturated rings. The van der Waals surface area contributed by atoms with Gasteiger partial charge in [0.2, 0.25) is 5.78 Å². The van der Waals surface area contributed by atoms with Crippen LogP contribution in [-0.2, 0) is 0 Å². The molecule has 0 heterocycles. The largest absolute Gasteiger partial charge is 0.288 e. The molecule has 0 bridgehead atoms. The number of hydrogen-bond acceptors (Lipinski definition) is 2. The fourth-order valence-electron chi connectivity index (χ4n) is 1.62. The Morgan fingerprint density at radius 2 is 1.68 bits per heavy atom. The molecule has 3 heteroatoms. The first-order valence-electron chi connectivity index (χ1n) is 5.68. The molecule has 0 atom stereocenters. The molecule has 2 rings (SSSR count). The highest BCUT2D eigenvalue weighted by Gasteiger charge is 2.11. The van der Waals surface area contributed by atoms with Gasteiger partial charge in [0, 0.05) is 10.0 Å². The van der Waals surface area contributed by atoms with Crippen LogP contribution in [0.2, 0.25) is 0 Å². The summed E-state index contributed by atoms with van der Waals surface area (Å²) in [6, 6.07) is 18.2. The highest BCUT2D eigenvalue weighted by molar-refractivity contribution is 9.10. The number of carbonyl (C=O) groups is 1. The van der Waals surface area contributed by atoms with Crippen molar-refractivity contribution in [1.82, 2.24) is 0 Å². The summed E-state index contributed by atoms with van der Waals surface area (Å²) in [4.78, 5) is 12.2. The fourth-order valence-corrected chi connectivity index (χ4v) is 1.89. The molecule has 0 amide bonds. The second-order valence-electron chi connectivity index (χ2n) is 3.92. The molecule has 92 valence electrons. The summed E-state index contributed by atoms with van der Waals surface area (Å²) in [7, 11) is 0. The number of nitriles is 1. The lowest BCUT2D eigenvalue weighted by atomic mass is 10.0. The van der Waals surface area contributed by atoms with Gasteiger partial charge < -0.3 is 0 Å². The van der Waals surface area contributed by atoms with Gasteiger partial charge in [0.15, 0.2) is 0 Å². The van der Waals surface area contributed by atoms with Gasteiger partial charge in [-0.05, 0) is 35.9 Å². The van der Waals surface area contributed by atoms with Crippen molar-refractivity contribution < 1.29 is 4.79 Å². The highest BCUT2D eigenvalue weighted by Crippen LogP contribution is 2.15. The van der Waals surface area contributed by atoms with E-state index < -0.39 is 0 Å². The van der Waals surface area contributed by atoms with Crippen LogP contribution in [0.1, 0.15) is 15.9 Å². The van der Waals surface area contributed by atoms with Crippen molar-refractivity contribution in [2.24, 2.45) is 0 Å². The van der Waals surface area contributed by atoms with Gasteiger partial charge in [-0.2, -0.15) is 5.26 Å². The third kappa shape index (κ3) is 3.40. The Morgan fingerprint density at radius 1 is 1.05 bits per heavy atom. The molecule has 0 aromatic heterocycles. The van der Waals surface area contributed by atoms with Crippen molar-refractivity contribution in [2.45, 2.75) is 0 Å². The van der Waals surface area contributed by atoms with E-state index in [9.17, 15) is 4.79 Å². The lowest BCUT2D eigenvalue weighted by molar-refractivity contribution is 0.104. The van der Waals surface area contributed by atoms with Gasteiger partial charge in [0.25, 0.3) is 0 Å². The average Bonchev–Trinajstić information content (AvgIpc) is 2.46. The Bertz CT molecular complexity index is 651. The van der Waals surface area contributed by atoms with Gasteiger partial charge in [-0.25, -0.2) is 0 Å². The van der Waals surface area contributed by atoms with Gasteiger partial charge in [-0.3, -0.25) is 4.79 Å². The highest BCUT2D eigenvalue weighted by atomic mass is 79.9. The number of hydrogen-bond donors (Lipinski definition) is 0. The standard InChI is InChI=1S/C16H10BrNO/c17-15-8-6-13(7-9-15)16(19)14(11-18)10-12-4-2-1-3-5-12/h1-10H/b14-10+. The Balaban J connectivity index is 2.33. The van der Waals surface area contributed by atoms with E-state index in [2.05, 4.69) is 15.9 Å². The van der Waals surface area contributed by atoms with Crippen LogP contribution in [0.5, 0.6) is 0 Å². The lowest BCUT2D eigenvalue weighted by Crippen LogP contribution is -2.01. The molecular formula is C16H10BrNO. The van der Waals surface area contributed by atoms with Crippen LogP contribution in [0, 0.1) is 11.3 Å². The molecule has 0 unspecified atom stereocenters. The molecule has 2 nitrogen and oxygen atoms in total. The van der Waals surface area contributed by atoms with Gasteiger partial charge in [0.05, 0.1) is 0 Å². The van der Waals surface area contributed by atoms with E-state index in [0.717, 1.165) is 10.0 Å². The van der Waals surface area contributed by atoms with Gasteiger partial charge in [0.1, 0.15) is 11.6 Å². The summed E-state index contributed by atoms with van der Waals surface area (Å²) < 4.78 is 0.898. The zero-order chi connectivity index (χ0) is 13.7. The molecule has 0 aliphatic carbocycles. The van der Waals surface area contributed by atoms with Crippen molar-refractivity contribution in [2.75, 3.05) is 0 Å². The predicted octanol–water partition coefficient (Wildman–Crippen LogP) is 4.24. The summed E-state index contributed by atoms with van der Waals surface area (Å²) in [5, 5.41) is 9.13. The van der Waals surface area contributed by atoms with Crippen LogP contribution >= 0.6 is 15.9 Å². The van der Waals surface area contributed by atoms with Crippen molar-refractivity contribution in [3.63, 3.8) is 0 Å². The maximum atomic E-state index is 12.2. The van der Waals surface area contributed by atoms with E-state index >= 15 is 0 Å². The number of allylic oxidation sites excluding steroid dienone is 1. The lowest BCUT2D eigenvalue weighted by Gasteiger charge is -2.00. The number of halogens is 1. The SMILES string of the molecule is N#C/C(=C\c1ccccc1)C(=O)c1ccc(Br)cc1. The first kappa shape index (κ1) is 13.3. The van der Waals surface area contributed by atoms with Crippen molar-refractivity contribution in [3.8, 4) is 6.07 Å². The van der Waals surface area contributed by atoms with Crippen molar-refractivity contribution in [1.29, 1.82) is 5.26 Å².